The van der Waals surface area contributed by atoms with Crippen molar-refractivity contribution in [2.45, 2.75) is 44.7 Å². The smallest absolute Gasteiger partial charge is 0.0221 e. The van der Waals surface area contributed by atoms with Crippen molar-refractivity contribution in [1.29, 1.82) is 0 Å². The first-order chi connectivity index (χ1) is 7.03. The topological polar surface area (TPSA) is 12.0 Å². The lowest BCUT2D eigenvalue weighted by Crippen LogP contribution is -2.35. The second kappa shape index (κ2) is 5.57. The Morgan fingerprint density at radius 3 is 2.47 bits per heavy atom. The normalized spacial score (nSPS) is 11.7. The number of hydrogen-bond acceptors (Lipinski definition) is 2. The lowest BCUT2D eigenvalue weighted by molar-refractivity contribution is 0.422. The fraction of sp³-hybridized carbons (Fsp3) is 0.538. The first-order valence-corrected chi connectivity index (χ1v) is 6.47. The van der Waals surface area contributed by atoms with Gasteiger partial charge in [-0.15, -0.1) is 11.8 Å². The zero-order valence-corrected chi connectivity index (χ0v) is 10.9. The van der Waals surface area contributed by atoms with Crippen molar-refractivity contribution in [3.8, 4) is 0 Å². The summed E-state index contributed by atoms with van der Waals surface area (Å²) >= 11 is 1.91. The molecule has 1 N–H and O–H groups in total. The third kappa shape index (κ3) is 4.72. The van der Waals surface area contributed by atoms with Crippen LogP contribution in [-0.4, -0.2) is 11.3 Å². The number of benzene rings is 1. The number of nitrogens with one attached hydrogen (secondary N) is 1. The molecular weight excluding hydrogens is 202 g/mol. The number of rotatable bonds is 4. The molecule has 0 aliphatic carbocycles. The molecule has 1 aromatic rings. The second-order valence-electron chi connectivity index (χ2n) is 4.64. The molecule has 0 saturated carbocycles. The van der Waals surface area contributed by atoms with Gasteiger partial charge in [0.05, 0.1) is 0 Å². The highest BCUT2D eigenvalue weighted by Crippen LogP contribution is 2.22. The average Bonchev–Trinajstić information content (AvgIpc) is 2.16. The van der Waals surface area contributed by atoms with Gasteiger partial charge in [0.25, 0.3) is 0 Å². The summed E-state index contributed by atoms with van der Waals surface area (Å²) in [5, 5.41) is 3.52. The van der Waals surface area contributed by atoms with Gasteiger partial charge in [0.15, 0.2) is 0 Å². The zero-order chi connectivity index (χ0) is 11.3. The maximum atomic E-state index is 3.52. The minimum absolute atomic E-state index is 0.185. The van der Waals surface area contributed by atoms with Crippen LogP contribution in [0.4, 0.5) is 0 Å². The van der Waals surface area contributed by atoms with Crippen LogP contribution in [0.2, 0.25) is 0 Å². The molecule has 0 saturated heterocycles. The van der Waals surface area contributed by atoms with Crippen LogP contribution < -0.4 is 5.32 Å². The molecule has 0 amide bonds. The zero-order valence-electron chi connectivity index (χ0n) is 10.1. The minimum atomic E-state index is 0.185. The highest BCUT2D eigenvalue weighted by molar-refractivity contribution is 7.99. The van der Waals surface area contributed by atoms with E-state index in [2.05, 4.69) is 57.3 Å². The maximum absolute atomic E-state index is 3.52. The monoisotopic (exact) mass is 223 g/mol. The maximum Gasteiger partial charge on any atom is 0.0221 e. The first kappa shape index (κ1) is 12.6. The van der Waals surface area contributed by atoms with Gasteiger partial charge in [-0.25, -0.2) is 0 Å². The Labute approximate surface area is 97.7 Å². The summed E-state index contributed by atoms with van der Waals surface area (Å²) in [7, 11) is 0. The molecule has 0 aliphatic heterocycles. The van der Waals surface area contributed by atoms with Crippen molar-refractivity contribution in [1.82, 2.24) is 5.32 Å². The fourth-order valence-corrected chi connectivity index (χ4v) is 2.12. The third-order valence-corrected chi connectivity index (χ3v) is 3.08. The third-order valence-electron chi connectivity index (χ3n) is 2.08. The summed E-state index contributed by atoms with van der Waals surface area (Å²) < 4.78 is 0. The SMILES string of the molecule is CCSc1ccccc1CNC(C)(C)C. The van der Waals surface area contributed by atoms with Gasteiger partial charge in [-0.2, -0.15) is 0 Å². The Hall–Kier alpha value is -0.470. The van der Waals surface area contributed by atoms with Crippen molar-refractivity contribution in [2.75, 3.05) is 5.75 Å². The Morgan fingerprint density at radius 1 is 1.20 bits per heavy atom. The van der Waals surface area contributed by atoms with E-state index in [1.165, 1.54) is 10.5 Å². The van der Waals surface area contributed by atoms with Crippen molar-refractivity contribution >= 4 is 11.8 Å². The van der Waals surface area contributed by atoms with Gasteiger partial charge in [-0.05, 0) is 38.2 Å². The van der Waals surface area contributed by atoms with E-state index in [-0.39, 0.29) is 5.54 Å². The van der Waals surface area contributed by atoms with E-state index < -0.39 is 0 Å². The van der Waals surface area contributed by atoms with E-state index >= 15 is 0 Å². The van der Waals surface area contributed by atoms with Crippen LogP contribution in [0.5, 0.6) is 0 Å². The Kier molecular flexibility index (Phi) is 4.68. The molecule has 0 aromatic heterocycles. The van der Waals surface area contributed by atoms with Gasteiger partial charge < -0.3 is 5.32 Å². The van der Waals surface area contributed by atoms with E-state index in [0.29, 0.717) is 0 Å². The summed E-state index contributed by atoms with van der Waals surface area (Å²) in [5.74, 6) is 1.13. The van der Waals surface area contributed by atoms with Gasteiger partial charge in [-0.1, -0.05) is 25.1 Å². The quantitative estimate of drug-likeness (QED) is 0.781. The number of hydrogen-bond donors (Lipinski definition) is 1. The van der Waals surface area contributed by atoms with Crippen molar-refractivity contribution in [3.63, 3.8) is 0 Å². The standard InChI is InChI=1S/C13H21NS/c1-5-15-12-9-7-6-8-11(12)10-14-13(2,3)4/h6-9,14H,5,10H2,1-4H3. The van der Waals surface area contributed by atoms with Crippen LogP contribution in [0, 0.1) is 0 Å². The predicted molar refractivity (Wildman–Crippen MR) is 69.4 cm³/mol. The number of thioether (sulfide) groups is 1. The molecule has 0 heterocycles. The molecule has 0 bridgehead atoms. The molecule has 0 spiro atoms. The van der Waals surface area contributed by atoms with Crippen LogP contribution in [-0.2, 0) is 6.54 Å². The molecule has 0 radical (unpaired) electrons. The Bertz CT molecular complexity index is 302. The van der Waals surface area contributed by atoms with Crippen LogP contribution in [0.25, 0.3) is 0 Å². The lowest BCUT2D eigenvalue weighted by atomic mass is 10.1. The molecule has 0 atom stereocenters. The van der Waals surface area contributed by atoms with Crippen molar-refractivity contribution < 1.29 is 0 Å². The van der Waals surface area contributed by atoms with Gasteiger partial charge >= 0.3 is 0 Å². The summed E-state index contributed by atoms with van der Waals surface area (Å²) in [6.45, 7) is 9.74. The molecule has 1 nitrogen and oxygen atoms in total. The summed E-state index contributed by atoms with van der Waals surface area (Å²) in [4.78, 5) is 1.40. The minimum Gasteiger partial charge on any atom is -0.308 e. The van der Waals surface area contributed by atoms with Gasteiger partial charge in [-0.3, -0.25) is 0 Å². The van der Waals surface area contributed by atoms with E-state index in [0.717, 1.165) is 12.3 Å². The first-order valence-electron chi connectivity index (χ1n) is 5.48. The second-order valence-corrected chi connectivity index (χ2v) is 5.95. The van der Waals surface area contributed by atoms with E-state index in [1.807, 2.05) is 11.8 Å². The van der Waals surface area contributed by atoms with E-state index in [1.54, 1.807) is 0 Å². The molecule has 0 unspecified atom stereocenters. The largest absolute Gasteiger partial charge is 0.308 e. The Balaban J connectivity index is 2.67. The van der Waals surface area contributed by atoms with Crippen molar-refractivity contribution in [2.24, 2.45) is 0 Å². The molecular formula is C13H21NS. The van der Waals surface area contributed by atoms with E-state index in [9.17, 15) is 0 Å². The molecule has 0 fully saturated rings. The van der Waals surface area contributed by atoms with Gasteiger partial charge in [0, 0.05) is 17.0 Å². The van der Waals surface area contributed by atoms with Crippen LogP contribution in [0.3, 0.4) is 0 Å². The van der Waals surface area contributed by atoms with Gasteiger partial charge in [0.1, 0.15) is 0 Å². The van der Waals surface area contributed by atoms with Crippen LogP contribution in [0.15, 0.2) is 29.2 Å². The fourth-order valence-electron chi connectivity index (χ4n) is 1.31. The molecule has 0 aliphatic rings. The molecule has 1 rings (SSSR count). The predicted octanol–water partition coefficient (Wildman–Crippen LogP) is 3.69. The molecule has 15 heavy (non-hydrogen) atoms. The van der Waals surface area contributed by atoms with Crippen LogP contribution >= 0.6 is 11.8 Å². The highest BCUT2D eigenvalue weighted by atomic mass is 32.2. The lowest BCUT2D eigenvalue weighted by Gasteiger charge is -2.21. The van der Waals surface area contributed by atoms with Crippen LogP contribution in [0.1, 0.15) is 33.3 Å². The molecule has 2 heteroatoms. The Morgan fingerprint density at radius 2 is 1.87 bits per heavy atom. The summed E-state index contributed by atoms with van der Waals surface area (Å²) in [6.07, 6.45) is 0. The summed E-state index contributed by atoms with van der Waals surface area (Å²) in [6, 6.07) is 8.63. The van der Waals surface area contributed by atoms with Crippen molar-refractivity contribution in [3.05, 3.63) is 29.8 Å². The molecule has 84 valence electrons. The highest BCUT2D eigenvalue weighted by Gasteiger charge is 2.09. The summed E-state index contributed by atoms with van der Waals surface area (Å²) in [5.41, 5.74) is 1.59. The average molecular weight is 223 g/mol. The van der Waals surface area contributed by atoms with Gasteiger partial charge in [0.2, 0.25) is 0 Å². The molecule has 1 aromatic carbocycles. The van der Waals surface area contributed by atoms with E-state index in [4.69, 9.17) is 0 Å².